The first kappa shape index (κ1) is 67.0. The van der Waals surface area contributed by atoms with Gasteiger partial charge in [0, 0.05) is 19.4 Å². The van der Waals surface area contributed by atoms with Crippen molar-refractivity contribution in [2.75, 3.05) is 26.4 Å². The normalized spacial score (nSPS) is 13.4. The van der Waals surface area contributed by atoms with Crippen LogP contribution < -0.4 is 5.73 Å². The number of carbonyl (C=O) groups excluding carboxylic acids is 2. The van der Waals surface area contributed by atoms with Crippen molar-refractivity contribution in [2.45, 2.75) is 290 Å². The maximum atomic E-state index is 12.7. The highest BCUT2D eigenvalue weighted by molar-refractivity contribution is 7.47. The molecule has 0 radical (unpaired) electrons. The van der Waals surface area contributed by atoms with Gasteiger partial charge in [0.15, 0.2) is 6.10 Å². The molecule has 0 saturated carbocycles. The first-order valence-electron chi connectivity index (χ1n) is 29.1. The fraction of sp³-hybridized carbons (Fsp3) is 0.831. The average Bonchev–Trinajstić information content (AvgIpc) is 3.34. The lowest BCUT2D eigenvalue weighted by atomic mass is 10.0. The van der Waals surface area contributed by atoms with Crippen LogP contribution in [-0.4, -0.2) is 49.3 Å². The van der Waals surface area contributed by atoms with E-state index < -0.39 is 26.5 Å². The van der Waals surface area contributed by atoms with Crippen LogP contribution in [0.1, 0.15) is 284 Å². The Morgan fingerprint density at radius 3 is 1.19 bits per heavy atom. The summed E-state index contributed by atoms with van der Waals surface area (Å²) < 4.78 is 32.9. The zero-order valence-corrected chi connectivity index (χ0v) is 45.9. The number of allylic oxidation sites excluding steroid dienone is 8. The van der Waals surface area contributed by atoms with Gasteiger partial charge in [0.25, 0.3) is 0 Å². The first-order chi connectivity index (χ1) is 33.8. The van der Waals surface area contributed by atoms with Crippen LogP contribution in [0.4, 0.5) is 0 Å². The molecule has 404 valence electrons. The SMILES string of the molecule is CC/C=C\C/C=C\C/C=C\C/C=C\CCCCCCCCCCCCCCCCCCCCCCCCCCC(=O)OC(COC(=O)CCCCCCCCCCCCC)COP(=O)(O)OCCN. The number of hydrogen-bond acceptors (Lipinski definition) is 8. The Balaban J connectivity index is 3.74. The molecule has 0 heterocycles. The van der Waals surface area contributed by atoms with E-state index in [1.807, 2.05) is 0 Å². The molecule has 0 aromatic heterocycles. The van der Waals surface area contributed by atoms with Gasteiger partial charge in [0.05, 0.1) is 13.2 Å². The average molecular weight is 993 g/mol. The van der Waals surface area contributed by atoms with E-state index in [9.17, 15) is 19.0 Å². The number of esters is 2. The van der Waals surface area contributed by atoms with Gasteiger partial charge >= 0.3 is 19.8 Å². The molecule has 0 aliphatic carbocycles. The molecule has 0 amide bonds. The summed E-state index contributed by atoms with van der Waals surface area (Å²) in [6, 6.07) is 0. The van der Waals surface area contributed by atoms with E-state index in [0.717, 1.165) is 57.8 Å². The van der Waals surface area contributed by atoms with Crippen LogP contribution in [0.2, 0.25) is 0 Å². The van der Waals surface area contributed by atoms with Gasteiger partial charge < -0.3 is 20.1 Å². The summed E-state index contributed by atoms with van der Waals surface area (Å²) in [6.07, 6.45) is 67.7. The van der Waals surface area contributed by atoms with Crippen LogP contribution in [0.15, 0.2) is 48.6 Å². The third kappa shape index (κ3) is 55.1. The summed E-state index contributed by atoms with van der Waals surface area (Å²) in [6.45, 7) is 3.65. The fourth-order valence-electron chi connectivity index (χ4n) is 8.45. The lowest BCUT2D eigenvalue weighted by Crippen LogP contribution is -2.29. The number of unbranched alkanes of at least 4 members (excludes halogenated alkanes) is 34. The van der Waals surface area contributed by atoms with E-state index in [-0.39, 0.29) is 38.6 Å². The molecule has 3 N–H and O–H groups in total. The minimum absolute atomic E-state index is 0.0559. The first-order valence-corrected chi connectivity index (χ1v) is 30.6. The second-order valence-electron chi connectivity index (χ2n) is 19.5. The lowest BCUT2D eigenvalue weighted by Gasteiger charge is -2.19. The topological polar surface area (TPSA) is 134 Å². The summed E-state index contributed by atoms with van der Waals surface area (Å²) in [5, 5.41) is 0. The van der Waals surface area contributed by atoms with Crippen LogP contribution in [0.3, 0.4) is 0 Å². The molecule has 0 aromatic carbocycles. The van der Waals surface area contributed by atoms with Gasteiger partial charge in [-0.2, -0.15) is 0 Å². The van der Waals surface area contributed by atoms with Crippen molar-refractivity contribution in [1.82, 2.24) is 0 Å². The molecule has 2 unspecified atom stereocenters. The minimum atomic E-state index is -4.38. The molecule has 10 heteroatoms. The van der Waals surface area contributed by atoms with Crippen molar-refractivity contribution in [2.24, 2.45) is 5.73 Å². The molecule has 0 bridgehead atoms. The van der Waals surface area contributed by atoms with E-state index in [1.165, 1.54) is 193 Å². The lowest BCUT2D eigenvalue weighted by molar-refractivity contribution is -0.161. The molecule has 2 atom stereocenters. The maximum Gasteiger partial charge on any atom is 0.472 e. The molecule has 69 heavy (non-hydrogen) atoms. The monoisotopic (exact) mass is 992 g/mol. The molecule has 0 aliphatic rings. The third-order valence-corrected chi connectivity index (χ3v) is 13.7. The fourth-order valence-corrected chi connectivity index (χ4v) is 9.22. The number of carbonyl (C=O) groups is 2. The minimum Gasteiger partial charge on any atom is -0.462 e. The molecule has 9 nitrogen and oxygen atoms in total. The standard InChI is InChI=1S/C59H110NO8P/c1-3-5-7-9-11-13-15-16-17-18-19-20-21-22-23-24-25-26-27-28-29-30-31-32-33-34-35-36-37-38-39-40-42-44-46-48-50-52-59(62)68-57(56-67-69(63,64)66-54-53-60)55-65-58(61)51-49-47-45-43-41-14-12-10-8-6-4-2/h5,7,11,13,16-17,19-20,57H,3-4,6,8-10,12,14-15,18,21-56,60H2,1-2H3,(H,63,64)/b7-5-,13-11-,17-16-,20-19-. The van der Waals surface area contributed by atoms with Gasteiger partial charge in [-0.25, -0.2) is 4.57 Å². The third-order valence-electron chi connectivity index (χ3n) is 12.7. The molecule has 0 aromatic rings. The summed E-state index contributed by atoms with van der Waals surface area (Å²) in [5.74, 6) is -0.815. The maximum absolute atomic E-state index is 12.7. The molecule has 0 saturated heterocycles. The summed E-state index contributed by atoms with van der Waals surface area (Å²) in [4.78, 5) is 35.0. The number of phosphoric ester groups is 1. The quantitative estimate of drug-likeness (QED) is 0.0264. The molecule has 0 aliphatic heterocycles. The molecular weight excluding hydrogens is 882 g/mol. The molecule has 0 rings (SSSR count). The number of phosphoric acid groups is 1. The van der Waals surface area contributed by atoms with Gasteiger partial charge in [0.1, 0.15) is 6.61 Å². The van der Waals surface area contributed by atoms with Crippen molar-refractivity contribution in [1.29, 1.82) is 0 Å². The highest BCUT2D eigenvalue weighted by Crippen LogP contribution is 2.43. The second-order valence-corrected chi connectivity index (χ2v) is 20.9. The van der Waals surface area contributed by atoms with Crippen LogP contribution in [0, 0.1) is 0 Å². The van der Waals surface area contributed by atoms with Crippen LogP contribution in [0.25, 0.3) is 0 Å². The zero-order chi connectivity index (χ0) is 50.2. The predicted octanol–water partition coefficient (Wildman–Crippen LogP) is 18.2. The molecule has 0 spiro atoms. The Bertz CT molecular complexity index is 1270. The highest BCUT2D eigenvalue weighted by Gasteiger charge is 2.26. The van der Waals surface area contributed by atoms with Gasteiger partial charge in [0.2, 0.25) is 0 Å². The van der Waals surface area contributed by atoms with E-state index in [2.05, 4.69) is 62.5 Å². The zero-order valence-electron chi connectivity index (χ0n) is 45.1. The van der Waals surface area contributed by atoms with E-state index in [4.69, 9.17) is 24.3 Å². The Morgan fingerprint density at radius 1 is 0.449 bits per heavy atom. The van der Waals surface area contributed by atoms with Crippen molar-refractivity contribution < 1.29 is 37.6 Å². The van der Waals surface area contributed by atoms with E-state index in [1.54, 1.807) is 0 Å². The smallest absolute Gasteiger partial charge is 0.462 e. The number of rotatable bonds is 55. The van der Waals surface area contributed by atoms with Gasteiger partial charge in [-0.05, 0) is 51.4 Å². The Hall–Kier alpha value is -2.03. The number of nitrogens with two attached hydrogens (primary N) is 1. The van der Waals surface area contributed by atoms with Crippen LogP contribution >= 0.6 is 7.82 Å². The van der Waals surface area contributed by atoms with Gasteiger partial charge in [-0.1, -0.05) is 268 Å². The van der Waals surface area contributed by atoms with Crippen LogP contribution in [-0.2, 0) is 32.7 Å². The second kappa shape index (κ2) is 55.3. The number of hydrogen-bond donors (Lipinski definition) is 2. The number of ether oxygens (including phenoxy) is 2. The van der Waals surface area contributed by atoms with Crippen molar-refractivity contribution in [3.8, 4) is 0 Å². The Morgan fingerprint density at radius 2 is 0.797 bits per heavy atom. The van der Waals surface area contributed by atoms with E-state index >= 15 is 0 Å². The van der Waals surface area contributed by atoms with Crippen molar-refractivity contribution >= 4 is 19.8 Å². The summed E-state index contributed by atoms with van der Waals surface area (Å²) in [5.41, 5.74) is 5.37. The highest BCUT2D eigenvalue weighted by atomic mass is 31.2. The Kier molecular flexibility index (Phi) is 53.7. The van der Waals surface area contributed by atoms with Crippen molar-refractivity contribution in [3.63, 3.8) is 0 Å². The summed E-state index contributed by atoms with van der Waals surface area (Å²) in [7, 11) is -4.38. The van der Waals surface area contributed by atoms with Gasteiger partial charge in [-0.15, -0.1) is 0 Å². The predicted molar refractivity (Wildman–Crippen MR) is 293 cm³/mol. The van der Waals surface area contributed by atoms with Crippen molar-refractivity contribution in [3.05, 3.63) is 48.6 Å². The molecule has 0 fully saturated rings. The summed E-state index contributed by atoms with van der Waals surface area (Å²) >= 11 is 0. The molecular formula is C59H110NO8P. The Labute approximate surface area is 426 Å². The van der Waals surface area contributed by atoms with E-state index in [0.29, 0.717) is 6.42 Å². The largest absolute Gasteiger partial charge is 0.472 e. The van der Waals surface area contributed by atoms with Gasteiger partial charge in [-0.3, -0.25) is 18.6 Å². The van der Waals surface area contributed by atoms with Crippen LogP contribution in [0.5, 0.6) is 0 Å².